The van der Waals surface area contributed by atoms with Crippen molar-refractivity contribution in [2.45, 2.75) is 82.2 Å². The number of piperidine rings is 1. The van der Waals surface area contributed by atoms with Crippen molar-refractivity contribution in [1.29, 1.82) is 0 Å². The van der Waals surface area contributed by atoms with Crippen LogP contribution in [0.4, 0.5) is 0 Å². The van der Waals surface area contributed by atoms with Gasteiger partial charge in [0, 0.05) is 65.4 Å². The SMILES string of the molecule is CCCCOCCC1CCN(S(=O)(=O)C2(C(=O)NOC3CCCCO3)CCOCC2)CC1. The van der Waals surface area contributed by atoms with E-state index in [1.807, 2.05) is 0 Å². The Labute approximate surface area is 192 Å². The van der Waals surface area contributed by atoms with Crippen LogP contribution >= 0.6 is 0 Å². The van der Waals surface area contributed by atoms with Crippen LogP contribution in [0.15, 0.2) is 0 Å². The van der Waals surface area contributed by atoms with E-state index in [0.29, 0.717) is 32.0 Å². The summed E-state index contributed by atoms with van der Waals surface area (Å²) in [6.45, 7) is 5.57. The standard InChI is InChI=1S/C22H40N2O7S/c1-2-3-14-28-16-9-19-7-12-24(13-8-19)32(26,27)22(10-17-29-18-11-22)21(25)23-31-20-6-4-5-15-30-20/h19-20H,2-18H2,1H3,(H,23,25). The molecule has 0 bridgehead atoms. The van der Waals surface area contributed by atoms with Crippen molar-refractivity contribution in [2.75, 3.05) is 46.1 Å². The van der Waals surface area contributed by atoms with Crippen LogP contribution in [0.25, 0.3) is 0 Å². The Hall–Kier alpha value is -0.780. The average molecular weight is 477 g/mol. The third kappa shape index (κ3) is 6.42. The summed E-state index contributed by atoms with van der Waals surface area (Å²) in [6.07, 6.45) is 7.04. The van der Waals surface area contributed by atoms with E-state index in [0.717, 1.165) is 58.2 Å². The van der Waals surface area contributed by atoms with Gasteiger partial charge in [0.2, 0.25) is 10.0 Å². The quantitative estimate of drug-likeness (QED) is 0.361. The second-order valence-electron chi connectivity index (χ2n) is 9.05. The van der Waals surface area contributed by atoms with Gasteiger partial charge in [0.05, 0.1) is 0 Å². The minimum Gasteiger partial charge on any atom is -0.381 e. The van der Waals surface area contributed by atoms with E-state index in [1.165, 1.54) is 4.31 Å². The van der Waals surface area contributed by atoms with Crippen molar-refractivity contribution in [3.8, 4) is 0 Å². The fourth-order valence-electron chi connectivity index (χ4n) is 4.60. The largest absolute Gasteiger partial charge is 0.381 e. The minimum atomic E-state index is -3.87. The summed E-state index contributed by atoms with van der Waals surface area (Å²) in [7, 11) is -3.87. The number of ether oxygens (including phenoxy) is 3. The Morgan fingerprint density at radius 1 is 1.09 bits per heavy atom. The topological polar surface area (TPSA) is 103 Å². The molecule has 1 unspecified atom stereocenters. The highest BCUT2D eigenvalue weighted by Crippen LogP contribution is 2.35. The van der Waals surface area contributed by atoms with Gasteiger partial charge in [-0.25, -0.2) is 23.0 Å². The number of nitrogens with zero attached hydrogens (tertiary/aromatic N) is 1. The molecule has 10 heteroatoms. The first-order valence-electron chi connectivity index (χ1n) is 12.2. The molecular formula is C22H40N2O7S. The highest BCUT2D eigenvalue weighted by Gasteiger charge is 2.54. The van der Waals surface area contributed by atoms with Gasteiger partial charge in [-0.15, -0.1) is 0 Å². The van der Waals surface area contributed by atoms with Gasteiger partial charge >= 0.3 is 0 Å². The predicted molar refractivity (Wildman–Crippen MR) is 119 cm³/mol. The van der Waals surface area contributed by atoms with E-state index in [-0.39, 0.29) is 26.1 Å². The molecule has 0 aromatic carbocycles. The van der Waals surface area contributed by atoms with Gasteiger partial charge in [0.1, 0.15) is 0 Å². The van der Waals surface area contributed by atoms with Crippen molar-refractivity contribution in [1.82, 2.24) is 9.79 Å². The van der Waals surface area contributed by atoms with Gasteiger partial charge in [0.25, 0.3) is 5.91 Å². The molecule has 0 aliphatic carbocycles. The number of carbonyl (C=O) groups is 1. The second-order valence-corrected chi connectivity index (χ2v) is 11.3. The number of hydrogen-bond donors (Lipinski definition) is 1. The van der Waals surface area contributed by atoms with Gasteiger partial charge < -0.3 is 14.2 Å². The molecular weight excluding hydrogens is 436 g/mol. The van der Waals surface area contributed by atoms with E-state index >= 15 is 0 Å². The summed E-state index contributed by atoms with van der Waals surface area (Å²) in [5, 5.41) is 0. The first kappa shape index (κ1) is 25.8. The Kier molecular flexibility index (Phi) is 10.2. The molecule has 3 aliphatic rings. The van der Waals surface area contributed by atoms with Crippen LogP contribution in [-0.2, 0) is 33.9 Å². The predicted octanol–water partition coefficient (Wildman–Crippen LogP) is 2.36. The molecule has 0 aromatic heterocycles. The van der Waals surface area contributed by atoms with Gasteiger partial charge in [0.15, 0.2) is 11.0 Å². The fourth-order valence-corrected chi connectivity index (χ4v) is 6.75. The molecule has 3 aliphatic heterocycles. The molecule has 0 spiro atoms. The molecule has 1 N–H and O–H groups in total. The molecule has 0 radical (unpaired) electrons. The van der Waals surface area contributed by atoms with Crippen LogP contribution in [0.1, 0.15) is 71.1 Å². The van der Waals surface area contributed by atoms with Gasteiger partial charge in [-0.1, -0.05) is 13.3 Å². The Morgan fingerprint density at radius 2 is 1.84 bits per heavy atom. The molecule has 32 heavy (non-hydrogen) atoms. The number of carbonyl (C=O) groups excluding carboxylic acids is 1. The molecule has 0 aromatic rings. The van der Waals surface area contributed by atoms with Crippen molar-refractivity contribution in [3.05, 3.63) is 0 Å². The molecule has 1 amide bonds. The number of hydrogen-bond acceptors (Lipinski definition) is 7. The Morgan fingerprint density at radius 3 is 2.50 bits per heavy atom. The Balaban J connectivity index is 1.57. The van der Waals surface area contributed by atoms with Crippen molar-refractivity contribution in [3.63, 3.8) is 0 Å². The second kappa shape index (κ2) is 12.6. The van der Waals surface area contributed by atoms with Gasteiger partial charge in [-0.2, -0.15) is 0 Å². The highest BCUT2D eigenvalue weighted by molar-refractivity contribution is 7.91. The van der Waals surface area contributed by atoms with Crippen LogP contribution < -0.4 is 5.48 Å². The number of hydroxylamine groups is 1. The highest BCUT2D eigenvalue weighted by atomic mass is 32.2. The van der Waals surface area contributed by atoms with E-state index in [9.17, 15) is 13.2 Å². The van der Waals surface area contributed by atoms with E-state index in [4.69, 9.17) is 19.0 Å². The lowest BCUT2D eigenvalue weighted by atomic mass is 9.95. The van der Waals surface area contributed by atoms with Gasteiger partial charge in [-0.05, 0) is 44.4 Å². The maximum atomic E-state index is 13.7. The van der Waals surface area contributed by atoms with Crippen molar-refractivity contribution in [2.24, 2.45) is 5.92 Å². The van der Waals surface area contributed by atoms with Crippen LogP contribution in [0, 0.1) is 5.92 Å². The maximum Gasteiger partial charge on any atom is 0.266 e. The van der Waals surface area contributed by atoms with Crippen LogP contribution in [-0.4, -0.2) is 75.8 Å². The Bertz CT molecular complexity index is 668. The van der Waals surface area contributed by atoms with Crippen LogP contribution in [0.2, 0.25) is 0 Å². The molecule has 9 nitrogen and oxygen atoms in total. The zero-order chi connectivity index (χ0) is 22.9. The summed E-state index contributed by atoms with van der Waals surface area (Å²) in [6, 6.07) is 0. The molecule has 1 atom stereocenters. The average Bonchev–Trinajstić information content (AvgIpc) is 2.83. The van der Waals surface area contributed by atoms with Crippen molar-refractivity contribution >= 4 is 15.9 Å². The molecule has 3 rings (SSSR count). The molecule has 3 saturated heterocycles. The zero-order valence-corrected chi connectivity index (χ0v) is 20.2. The monoisotopic (exact) mass is 476 g/mol. The molecule has 0 saturated carbocycles. The first-order valence-corrected chi connectivity index (χ1v) is 13.7. The number of unbranched alkanes of at least 4 members (excludes halogenated alkanes) is 1. The van der Waals surface area contributed by atoms with Gasteiger partial charge in [-0.3, -0.25) is 4.79 Å². The lowest BCUT2D eigenvalue weighted by molar-refractivity contribution is -0.202. The summed E-state index contributed by atoms with van der Waals surface area (Å²) in [4.78, 5) is 18.6. The lowest BCUT2D eigenvalue weighted by Crippen LogP contribution is -2.61. The summed E-state index contributed by atoms with van der Waals surface area (Å²) in [5.41, 5.74) is 2.42. The smallest absolute Gasteiger partial charge is 0.266 e. The number of sulfonamides is 1. The third-order valence-electron chi connectivity index (χ3n) is 6.86. The van der Waals surface area contributed by atoms with Crippen LogP contribution in [0.3, 0.4) is 0 Å². The molecule has 3 heterocycles. The fraction of sp³-hybridized carbons (Fsp3) is 0.955. The van der Waals surface area contributed by atoms with E-state index in [1.54, 1.807) is 0 Å². The van der Waals surface area contributed by atoms with E-state index in [2.05, 4.69) is 12.4 Å². The number of nitrogens with one attached hydrogen (secondary N) is 1. The first-order chi connectivity index (χ1) is 15.5. The number of rotatable bonds is 11. The summed E-state index contributed by atoms with van der Waals surface area (Å²) in [5.74, 6) is -0.157. The van der Waals surface area contributed by atoms with E-state index < -0.39 is 27.0 Å². The third-order valence-corrected chi connectivity index (χ3v) is 9.48. The summed E-state index contributed by atoms with van der Waals surface area (Å²) >= 11 is 0. The normalized spacial score (nSPS) is 25.5. The van der Waals surface area contributed by atoms with Crippen molar-refractivity contribution < 1.29 is 32.3 Å². The molecule has 186 valence electrons. The number of amides is 1. The maximum absolute atomic E-state index is 13.7. The molecule has 3 fully saturated rings. The van der Waals surface area contributed by atoms with Crippen LogP contribution in [0.5, 0.6) is 0 Å². The minimum absolute atomic E-state index is 0.126. The zero-order valence-electron chi connectivity index (χ0n) is 19.4. The lowest BCUT2D eigenvalue weighted by Gasteiger charge is -2.41. The summed E-state index contributed by atoms with van der Waals surface area (Å²) < 4.78 is 43.9.